The van der Waals surface area contributed by atoms with Crippen molar-refractivity contribution in [1.29, 1.82) is 0 Å². The van der Waals surface area contributed by atoms with Crippen LogP contribution in [0.15, 0.2) is 0 Å². The van der Waals surface area contributed by atoms with Gasteiger partial charge in [0.1, 0.15) is 13.3 Å². The highest BCUT2D eigenvalue weighted by atomic mass is 32.2. The highest BCUT2D eigenvalue weighted by Gasteiger charge is 2.29. The van der Waals surface area contributed by atoms with Gasteiger partial charge in [0.25, 0.3) is 0 Å². The van der Waals surface area contributed by atoms with Crippen LogP contribution >= 0.6 is 27.8 Å². The molecule has 0 aromatic heterocycles. The van der Waals surface area contributed by atoms with Crippen molar-refractivity contribution in [3.63, 3.8) is 0 Å². The molecule has 14 heteroatoms. The zero-order valence-electron chi connectivity index (χ0n) is 13.7. The normalized spacial score (nSPS) is 19.6. The molecule has 0 aliphatic carbocycles. The molecule has 0 aromatic carbocycles. The van der Waals surface area contributed by atoms with E-state index in [1.54, 1.807) is 21.7 Å². The second kappa shape index (κ2) is 12.0. The number of halogens is 1. The minimum Gasteiger partial charge on any atom is -0.397 e. The van der Waals surface area contributed by atoms with E-state index in [1.807, 2.05) is 0 Å². The molecule has 0 heterocycles. The van der Waals surface area contributed by atoms with Gasteiger partial charge in [-0.3, -0.25) is 18.1 Å². The van der Waals surface area contributed by atoms with Crippen LogP contribution in [0, 0.1) is 5.92 Å². The molecule has 0 saturated carbocycles. The first-order chi connectivity index (χ1) is 11.0. The zero-order chi connectivity index (χ0) is 18.8. The monoisotopic (exact) mass is 412 g/mol. The van der Waals surface area contributed by atoms with Crippen LogP contribution in [0.1, 0.15) is 20.3 Å². The fourth-order valence-electron chi connectivity index (χ4n) is 1.28. The van der Waals surface area contributed by atoms with E-state index < -0.39 is 34.3 Å². The number of phosphoric acid groups is 2. The molecule has 0 saturated heterocycles. The second-order valence-electron chi connectivity index (χ2n) is 5.44. The molecular weight excluding hydrogens is 388 g/mol. The van der Waals surface area contributed by atoms with Crippen molar-refractivity contribution in [3.8, 4) is 0 Å². The standard InChI is InChI=1S/C10H24BFO9P2S/c1-8(2)5-10(24-12)21-23(16,17)19-4-3-18-22(14,15)20-7-9(11)6-13/h8-10,13H,3-7,11H2,1-2H3,(H,14,15)(H,16,17). The molecule has 24 heavy (non-hydrogen) atoms. The van der Waals surface area contributed by atoms with Gasteiger partial charge in [-0.2, -0.15) is 3.89 Å². The van der Waals surface area contributed by atoms with E-state index in [1.165, 1.54) is 0 Å². The Labute approximate surface area is 146 Å². The van der Waals surface area contributed by atoms with E-state index in [0.29, 0.717) is 0 Å². The maximum absolute atomic E-state index is 12.6. The number of aliphatic hydroxyl groups excluding tert-OH is 1. The quantitative estimate of drug-likeness (QED) is 0.168. The van der Waals surface area contributed by atoms with E-state index in [-0.39, 0.29) is 43.5 Å². The Balaban J connectivity index is 4.15. The van der Waals surface area contributed by atoms with Gasteiger partial charge >= 0.3 is 15.6 Å². The number of phosphoric ester groups is 2. The van der Waals surface area contributed by atoms with Crippen molar-refractivity contribution < 1.29 is 46.0 Å². The molecule has 0 radical (unpaired) electrons. The van der Waals surface area contributed by atoms with Crippen molar-refractivity contribution in [3.05, 3.63) is 0 Å². The molecule has 0 aliphatic heterocycles. The molecule has 144 valence electrons. The summed E-state index contributed by atoms with van der Waals surface area (Å²) in [7, 11) is -7.29. The van der Waals surface area contributed by atoms with Crippen molar-refractivity contribution in [1.82, 2.24) is 0 Å². The maximum Gasteiger partial charge on any atom is 0.473 e. The minimum absolute atomic E-state index is 0.0420. The Bertz CT molecular complexity index is 445. The number of rotatable bonds is 14. The first-order valence-corrected chi connectivity index (χ1v) is 10.9. The van der Waals surface area contributed by atoms with Crippen LogP contribution in [-0.2, 0) is 27.2 Å². The largest absolute Gasteiger partial charge is 0.473 e. The Morgan fingerprint density at radius 3 is 2.12 bits per heavy atom. The fraction of sp³-hybridized carbons (Fsp3) is 1.00. The van der Waals surface area contributed by atoms with Gasteiger partial charge in [-0.1, -0.05) is 13.8 Å². The third kappa shape index (κ3) is 12.8. The van der Waals surface area contributed by atoms with Gasteiger partial charge in [-0.25, -0.2) is 9.13 Å². The summed E-state index contributed by atoms with van der Waals surface area (Å²) in [5.41, 5.74) is -1.16. The van der Waals surface area contributed by atoms with E-state index in [4.69, 9.17) is 5.11 Å². The van der Waals surface area contributed by atoms with Crippen LogP contribution in [0.4, 0.5) is 3.89 Å². The van der Waals surface area contributed by atoms with Crippen molar-refractivity contribution in [2.75, 3.05) is 26.4 Å². The summed E-state index contributed by atoms with van der Waals surface area (Å²) in [6.45, 7) is 2.10. The summed E-state index contributed by atoms with van der Waals surface area (Å²) in [5, 5.41) is 8.77. The second-order valence-corrected chi connectivity index (χ2v) is 9.00. The molecule has 0 bridgehead atoms. The number of hydrogen-bond acceptors (Lipinski definition) is 8. The van der Waals surface area contributed by atoms with Crippen LogP contribution in [0.25, 0.3) is 0 Å². The lowest BCUT2D eigenvalue weighted by atomic mass is 9.90. The molecular formula is C10H24BFO9P2S. The Morgan fingerprint density at radius 2 is 1.67 bits per heavy atom. The first kappa shape index (κ1) is 24.5. The Morgan fingerprint density at radius 1 is 1.12 bits per heavy atom. The Hall–Kier alpha value is 0.525. The van der Waals surface area contributed by atoms with Crippen LogP contribution < -0.4 is 0 Å². The predicted molar refractivity (Wildman–Crippen MR) is 89.9 cm³/mol. The van der Waals surface area contributed by atoms with Gasteiger partial charge in [0.05, 0.1) is 32.0 Å². The molecule has 0 spiro atoms. The summed E-state index contributed by atoms with van der Waals surface area (Å²) in [4.78, 5) is 18.8. The third-order valence-corrected chi connectivity index (χ3v) is 5.08. The fourth-order valence-corrected chi connectivity index (χ4v) is 3.76. The molecule has 3 N–H and O–H groups in total. The lowest BCUT2D eigenvalue weighted by Gasteiger charge is -2.19. The van der Waals surface area contributed by atoms with E-state index in [0.717, 1.165) is 0 Å². The smallest absolute Gasteiger partial charge is 0.397 e. The maximum atomic E-state index is 12.6. The van der Waals surface area contributed by atoms with Gasteiger partial charge in [0.15, 0.2) is 0 Å². The van der Waals surface area contributed by atoms with Crippen LogP contribution in [0.5, 0.6) is 0 Å². The predicted octanol–water partition coefficient (Wildman–Crippen LogP) is 1.66. The Kier molecular flexibility index (Phi) is 12.3. The summed E-state index contributed by atoms with van der Waals surface area (Å²) in [5.74, 6) is -0.312. The summed E-state index contributed by atoms with van der Waals surface area (Å²) >= 11 is -0.211. The molecule has 0 aromatic rings. The van der Waals surface area contributed by atoms with Gasteiger partial charge in [0, 0.05) is 6.61 Å². The number of aliphatic hydroxyl groups is 1. The van der Waals surface area contributed by atoms with E-state index in [9.17, 15) is 22.8 Å². The summed E-state index contributed by atoms with van der Waals surface area (Å²) < 4.78 is 54.1. The highest BCUT2D eigenvalue weighted by Crippen LogP contribution is 2.48. The molecule has 0 aliphatic rings. The first-order valence-electron chi connectivity index (χ1n) is 7.17. The third-order valence-electron chi connectivity index (χ3n) is 2.44. The van der Waals surface area contributed by atoms with Crippen LogP contribution in [-0.4, -0.2) is 54.6 Å². The van der Waals surface area contributed by atoms with Gasteiger partial charge in [-0.15, -0.1) is 0 Å². The highest BCUT2D eigenvalue weighted by molar-refractivity contribution is 7.94. The van der Waals surface area contributed by atoms with E-state index in [2.05, 4.69) is 18.1 Å². The minimum atomic E-state index is -4.53. The van der Waals surface area contributed by atoms with Crippen molar-refractivity contribution >= 4 is 35.6 Å². The van der Waals surface area contributed by atoms with E-state index >= 15 is 0 Å². The molecule has 9 nitrogen and oxygen atoms in total. The van der Waals surface area contributed by atoms with Crippen LogP contribution in [0.2, 0.25) is 5.82 Å². The van der Waals surface area contributed by atoms with Crippen molar-refractivity contribution in [2.45, 2.75) is 31.5 Å². The molecule has 0 amide bonds. The zero-order valence-corrected chi connectivity index (χ0v) is 16.3. The molecule has 4 atom stereocenters. The summed E-state index contributed by atoms with van der Waals surface area (Å²) in [6, 6.07) is 0. The van der Waals surface area contributed by atoms with Gasteiger partial charge < -0.3 is 14.9 Å². The topological polar surface area (TPSA) is 132 Å². The van der Waals surface area contributed by atoms with Crippen LogP contribution in [0.3, 0.4) is 0 Å². The lowest BCUT2D eigenvalue weighted by molar-refractivity contribution is 0.0930. The molecule has 0 rings (SSSR count). The van der Waals surface area contributed by atoms with Gasteiger partial charge in [-0.05, 0) is 18.2 Å². The summed E-state index contributed by atoms with van der Waals surface area (Å²) in [6.07, 6.45) is 0.203. The molecule has 0 fully saturated rings. The number of hydrogen-bond donors (Lipinski definition) is 3. The van der Waals surface area contributed by atoms with Crippen molar-refractivity contribution in [2.24, 2.45) is 5.92 Å². The SMILES string of the molecule is BC(CO)COP(=O)(O)OCCOP(=O)(O)OC(CC(C)C)SF. The van der Waals surface area contributed by atoms with Gasteiger partial charge in [0.2, 0.25) is 0 Å². The molecule has 4 unspecified atom stereocenters. The lowest BCUT2D eigenvalue weighted by Crippen LogP contribution is -2.12. The average molecular weight is 412 g/mol. The average Bonchev–Trinajstić information content (AvgIpc) is 2.48.